The van der Waals surface area contributed by atoms with E-state index in [-0.39, 0.29) is 5.69 Å². The number of ether oxygens (including phenoxy) is 2. The molecule has 0 unspecified atom stereocenters. The van der Waals surface area contributed by atoms with E-state index in [2.05, 4.69) is 10.6 Å². The second-order valence-corrected chi connectivity index (χ2v) is 6.98. The zero-order valence-electron chi connectivity index (χ0n) is 15.8. The van der Waals surface area contributed by atoms with E-state index in [1.165, 1.54) is 13.0 Å². The van der Waals surface area contributed by atoms with Crippen LogP contribution in [0.2, 0.25) is 0 Å². The number of hydrogen-bond acceptors (Lipinski definition) is 5. The Morgan fingerprint density at radius 3 is 2.57 bits per heavy atom. The first kappa shape index (κ1) is 19.6. The molecule has 10 heteroatoms. The van der Waals surface area contributed by atoms with E-state index in [1.807, 2.05) is 0 Å². The van der Waals surface area contributed by atoms with Crippen molar-refractivity contribution in [3.8, 4) is 11.5 Å². The van der Waals surface area contributed by atoms with Gasteiger partial charge in [-0.1, -0.05) is 6.07 Å². The van der Waals surface area contributed by atoms with Gasteiger partial charge >= 0.3 is 6.03 Å². The highest BCUT2D eigenvalue weighted by molar-refractivity contribution is 6.10. The molecule has 1 atom stereocenters. The maximum absolute atomic E-state index is 13.3. The third-order valence-corrected chi connectivity index (χ3v) is 4.90. The van der Waals surface area contributed by atoms with Gasteiger partial charge in [0.15, 0.2) is 23.1 Å². The molecule has 0 radical (unpaired) electrons. The summed E-state index contributed by atoms with van der Waals surface area (Å²) in [7, 11) is 0. The number of hydrogen-bond donors (Lipinski definition) is 2. The molecule has 0 bridgehead atoms. The number of benzene rings is 2. The molecule has 2 aliphatic heterocycles. The van der Waals surface area contributed by atoms with Crippen molar-refractivity contribution in [3.63, 3.8) is 0 Å². The number of carbonyl (C=O) groups is 3. The smallest absolute Gasteiger partial charge is 0.325 e. The molecule has 1 fully saturated rings. The Morgan fingerprint density at radius 2 is 1.83 bits per heavy atom. The van der Waals surface area contributed by atoms with E-state index in [4.69, 9.17) is 9.47 Å². The molecule has 156 valence electrons. The van der Waals surface area contributed by atoms with Gasteiger partial charge < -0.3 is 20.1 Å². The lowest BCUT2D eigenvalue weighted by Crippen LogP contribution is -2.42. The summed E-state index contributed by atoms with van der Waals surface area (Å²) in [6, 6.07) is 6.97. The van der Waals surface area contributed by atoms with Crippen molar-refractivity contribution < 1.29 is 32.6 Å². The minimum atomic E-state index is -1.41. The van der Waals surface area contributed by atoms with Gasteiger partial charge in [0.2, 0.25) is 5.91 Å². The van der Waals surface area contributed by atoms with Gasteiger partial charge in [0.25, 0.3) is 5.91 Å². The van der Waals surface area contributed by atoms with Crippen LogP contribution in [-0.2, 0) is 15.1 Å². The van der Waals surface area contributed by atoms with Crippen molar-refractivity contribution in [2.75, 3.05) is 25.1 Å². The summed E-state index contributed by atoms with van der Waals surface area (Å²) in [5.41, 5.74) is -0.941. The molecule has 2 aliphatic rings. The van der Waals surface area contributed by atoms with E-state index in [9.17, 15) is 23.2 Å². The first-order valence-electron chi connectivity index (χ1n) is 9.07. The maximum atomic E-state index is 13.3. The number of nitrogens with one attached hydrogen (secondary N) is 2. The molecule has 4 rings (SSSR count). The quantitative estimate of drug-likeness (QED) is 0.743. The van der Waals surface area contributed by atoms with Crippen molar-refractivity contribution in [3.05, 3.63) is 53.6 Å². The van der Waals surface area contributed by atoms with E-state index in [0.717, 1.165) is 17.0 Å². The summed E-state index contributed by atoms with van der Waals surface area (Å²) in [4.78, 5) is 38.4. The fourth-order valence-corrected chi connectivity index (χ4v) is 3.31. The average molecular weight is 417 g/mol. The molecule has 0 saturated carbocycles. The van der Waals surface area contributed by atoms with Crippen LogP contribution in [0.3, 0.4) is 0 Å². The summed E-state index contributed by atoms with van der Waals surface area (Å²) >= 11 is 0. The summed E-state index contributed by atoms with van der Waals surface area (Å²) < 4.78 is 37.3. The number of anilines is 1. The third-order valence-electron chi connectivity index (χ3n) is 4.90. The van der Waals surface area contributed by atoms with Gasteiger partial charge in [-0.25, -0.2) is 13.6 Å². The lowest BCUT2D eigenvalue weighted by atomic mass is 9.91. The van der Waals surface area contributed by atoms with E-state index < -0.39 is 41.6 Å². The van der Waals surface area contributed by atoms with Crippen molar-refractivity contribution in [1.29, 1.82) is 0 Å². The lowest BCUT2D eigenvalue weighted by molar-refractivity contribution is -0.133. The Bertz CT molecular complexity index is 1060. The number of fused-ring (bicyclic) bond motifs is 1. The molecule has 1 saturated heterocycles. The Morgan fingerprint density at radius 1 is 1.10 bits per heavy atom. The van der Waals surface area contributed by atoms with Crippen LogP contribution in [0, 0.1) is 11.6 Å². The van der Waals surface area contributed by atoms with Crippen LogP contribution in [0.15, 0.2) is 36.4 Å². The predicted octanol–water partition coefficient (Wildman–Crippen LogP) is 2.14. The van der Waals surface area contributed by atoms with E-state index >= 15 is 0 Å². The fraction of sp³-hybridized carbons (Fsp3) is 0.250. The molecular formula is C20H17F2N3O5. The van der Waals surface area contributed by atoms with Crippen molar-refractivity contribution in [2.24, 2.45) is 0 Å². The number of carbonyl (C=O) groups excluding carboxylic acids is 3. The summed E-state index contributed by atoms with van der Waals surface area (Å²) in [5.74, 6) is -2.57. The molecule has 2 N–H and O–H groups in total. The molecule has 2 aromatic rings. The number of nitrogens with zero attached hydrogens (tertiary/aromatic N) is 1. The first-order chi connectivity index (χ1) is 14.3. The number of urea groups is 1. The van der Waals surface area contributed by atoms with Gasteiger partial charge in [0.1, 0.15) is 25.3 Å². The van der Waals surface area contributed by atoms with Gasteiger partial charge in [-0.3, -0.25) is 14.5 Å². The molecule has 2 aromatic carbocycles. The minimum absolute atomic E-state index is 0.000511. The second-order valence-electron chi connectivity index (χ2n) is 6.98. The van der Waals surface area contributed by atoms with Crippen LogP contribution in [0.4, 0.5) is 19.3 Å². The zero-order valence-corrected chi connectivity index (χ0v) is 15.8. The second kappa shape index (κ2) is 7.29. The van der Waals surface area contributed by atoms with Crippen molar-refractivity contribution in [2.45, 2.75) is 12.5 Å². The molecule has 4 amide bonds. The standard InChI is InChI=1S/C20H17F2N3O5/c1-20(11-2-5-15-16(8-11)30-7-6-29-15)18(27)25(19(28)24-20)10-17(26)23-12-3-4-13(21)14(22)9-12/h2-5,8-9H,6-7,10H2,1H3,(H,23,26)(H,24,28)/t20-/m1/s1. The Labute approximate surface area is 169 Å². The number of rotatable bonds is 4. The van der Waals surface area contributed by atoms with E-state index in [1.54, 1.807) is 18.2 Å². The highest BCUT2D eigenvalue weighted by Crippen LogP contribution is 2.36. The van der Waals surface area contributed by atoms with Crippen LogP contribution in [-0.4, -0.2) is 42.5 Å². The number of imide groups is 1. The van der Waals surface area contributed by atoms with Crippen LogP contribution < -0.4 is 20.1 Å². The highest BCUT2D eigenvalue weighted by atomic mass is 19.2. The summed E-state index contributed by atoms with van der Waals surface area (Å²) in [6.45, 7) is 1.71. The van der Waals surface area contributed by atoms with Crippen molar-refractivity contribution in [1.82, 2.24) is 10.2 Å². The highest BCUT2D eigenvalue weighted by Gasteiger charge is 2.49. The van der Waals surface area contributed by atoms with Gasteiger partial charge in [-0.05, 0) is 36.8 Å². The fourth-order valence-electron chi connectivity index (χ4n) is 3.31. The molecule has 30 heavy (non-hydrogen) atoms. The SMILES string of the molecule is C[C@]1(c2ccc3c(c2)OCCO3)NC(=O)N(CC(=O)Nc2ccc(F)c(F)c2)C1=O. The number of halogens is 2. The average Bonchev–Trinajstić information content (AvgIpc) is 2.94. The molecule has 8 nitrogen and oxygen atoms in total. The minimum Gasteiger partial charge on any atom is -0.486 e. The maximum Gasteiger partial charge on any atom is 0.325 e. The van der Waals surface area contributed by atoms with Crippen LogP contribution in [0.5, 0.6) is 11.5 Å². The van der Waals surface area contributed by atoms with Gasteiger partial charge in [0.05, 0.1) is 0 Å². The molecule has 0 aromatic heterocycles. The molecule has 0 spiro atoms. The largest absolute Gasteiger partial charge is 0.486 e. The normalized spacial score (nSPS) is 20.2. The summed E-state index contributed by atoms with van der Waals surface area (Å²) in [5, 5.41) is 4.92. The Kier molecular flexibility index (Phi) is 4.76. The summed E-state index contributed by atoms with van der Waals surface area (Å²) in [6.07, 6.45) is 0. The number of amides is 4. The van der Waals surface area contributed by atoms with Gasteiger partial charge in [0, 0.05) is 11.8 Å². The van der Waals surface area contributed by atoms with E-state index in [0.29, 0.717) is 30.3 Å². The lowest BCUT2D eigenvalue weighted by Gasteiger charge is -2.25. The van der Waals surface area contributed by atoms with Gasteiger partial charge in [-0.2, -0.15) is 0 Å². The zero-order chi connectivity index (χ0) is 21.5. The van der Waals surface area contributed by atoms with Gasteiger partial charge in [-0.15, -0.1) is 0 Å². The monoisotopic (exact) mass is 417 g/mol. The predicted molar refractivity (Wildman–Crippen MR) is 100 cm³/mol. The molecule has 0 aliphatic carbocycles. The van der Waals surface area contributed by atoms with Crippen molar-refractivity contribution >= 4 is 23.5 Å². The first-order valence-corrected chi connectivity index (χ1v) is 9.07. The van der Waals surface area contributed by atoms with Crippen LogP contribution >= 0.6 is 0 Å². The van der Waals surface area contributed by atoms with Crippen LogP contribution in [0.25, 0.3) is 0 Å². The molecular weight excluding hydrogens is 400 g/mol. The Balaban J connectivity index is 1.50. The third kappa shape index (κ3) is 3.40. The molecule has 2 heterocycles. The topological polar surface area (TPSA) is 97.0 Å². The Hall–Kier alpha value is -3.69. The van der Waals surface area contributed by atoms with Crippen LogP contribution in [0.1, 0.15) is 12.5 Å².